The number of carbonyl (C=O) groups is 1. The van der Waals surface area contributed by atoms with E-state index in [2.05, 4.69) is 0 Å². The van der Waals surface area contributed by atoms with Crippen LogP contribution in [-0.4, -0.2) is 23.9 Å². The van der Waals surface area contributed by atoms with E-state index in [1.807, 2.05) is 4.90 Å². The minimum absolute atomic E-state index is 0.0358. The van der Waals surface area contributed by atoms with Crippen LogP contribution in [0.1, 0.15) is 32.1 Å². The molecule has 0 atom stereocenters. The number of rotatable bonds is 2. The second-order valence-corrected chi connectivity index (χ2v) is 7.22. The molecule has 1 amide bonds. The van der Waals surface area contributed by atoms with Gasteiger partial charge in [0.05, 0.1) is 12.2 Å². The van der Waals surface area contributed by atoms with E-state index in [0.29, 0.717) is 18.2 Å². The minimum atomic E-state index is -0.0358. The van der Waals surface area contributed by atoms with E-state index in [9.17, 15) is 4.79 Å². The molecule has 0 unspecified atom stereocenters. The van der Waals surface area contributed by atoms with Crippen LogP contribution in [0.3, 0.4) is 0 Å². The van der Waals surface area contributed by atoms with E-state index in [1.54, 1.807) is 0 Å². The Kier molecular flexibility index (Phi) is 2.39. The SMILES string of the molecule is NC1=C(N)C(=O)N(CC2C3CC4CC(C3)CC2C4)C1. The molecule has 4 aliphatic carbocycles. The Labute approximate surface area is 114 Å². The monoisotopic (exact) mass is 261 g/mol. The van der Waals surface area contributed by atoms with Gasteiger partial charge in [0.1, 0.15) is 5.70 Å². The molecular formula is C15H23N3O. The summed E-state index contributed by atoms with van der Waals surface area (Å²) in [7, 11) is 0. The van der Waals surface area contributed by atoms with E-state index in [-0.39, 0.29) is 11.6 Å². The van der Waals surface area contributed by atoms with Crippen LogP contribution in [0.4, 0.5) is 0 Å². The number of carbonyl (C=O) groups excluding carboxylic acids is 1. The van der Waals surface area contributed by atoms with Gasteiger partial charge in [-0.25, -0.2) is 0 Å². The summed E-state index contributed by atoms with van der Waals surface area (Å²) >= 11 is 0. The molecule has 19 heavy (non-hydrogen) atoms. The van der Waals surface area contributed by atoms with Crippen molar-refractivity contribution in [1.29, 1.82) is 0 Å². The van der Waals surface area contributed by atoms with Crippen molar-refractivity contribution in [3.05, 3.63) is 11.4 Å². The first kappa shape index (κ1) is 11.6. The summed E-state index contributed by atoms with van der Waals surface area (Å²) in [5, 5.41) is 0. The van der Waals surface area contributed by atoms with Gasteiger partial charge in [-0.05, 0) is 61.7 Å². The topological polar surface area (TPSA) is 72.3 Å². The zero-order valence-electron chi connectivity index (χ0n) is 11.3. The van der Waals surface area contributed by atoms with Crippen molar-refractivity contribution in [1.82, 2.24) is 4.90 Å². The average molecular weight is 261 g/mol. The highest BCUT2D eigenvalue weighted by Crippen LogP contribution is 2.56. The lowest BCUT2D eigenvalue weighted by molar-refractivity contribution is -0.128. The molecule has 5 rings (SSSR count). The molecule has 1 heterocycles. The van der Waals surface area contributed by atoms with Gasteiger partial charge in [-0.15, -0.1) is 0 Å². The largest absolute Gasteiger partial charge is 0.399 e. The molecule has 0 aromatic carbocycles. The second kappa shape index (κ2) is 3.90. The van der Waals surface area contributed by atoms with Crippen LogP contribution in [0.5, 0.6) is 0 Å². The van der Waals surface area contributed by atoms with Crippen molar-refractivity contribution in [2.45, 2.75) is 32.1 Å². The lowest BCUT2D eigenvalue weighted by atomic mass is 9.52. The summed E-state index contributed by atoms with van der Waals surface area (Å²) < 4.78 is 0. The molecule has 104 valence electrons. The fourth-order valence-corrected chi connectivity index (χ4v) is 5.41. The van der Waals surface area contributed by atoms with E-state index in [0.717, 1.165) is 30.2 Å². The molecule has 4 heteroatoms. The maximum Gasteiger partial charge on any atom is 0.271 e. The standard InChI is InChI=1S/C15H23N3O/c16-13-7-18(15(19)14(13)17)6-12-10-2-8-1-9(4-10)5-11(12)3-8/h8-12H,1-7,16-17H2. The number of amides is 1. The lowest BCUT2D eigenvalue weighted by Crippen LogP contribution is -2.49. The summed E-state index contributed by atoms with van der Waals surface area (Å²) in [6, 6.07) is 0. The average Bonchev–Trinajstić information content (AvgIpc) is 2.60. The summed E-state index contributed by atoms with van der Waals surface area (Å²) in [4.78, 5) is 13.9. The van der Waals surface area contributed by atoms with E-state index >= 15 is 0 Å². The molecule has 4 saturated carbocycles. The van der Waals surface area contributed by atoms with Crippen LogP contribution in [0, 0.1) is 29.6 Å². The first-order chi connectivity index (χ1) is 9.11. The van der Waals surface area contributed by atoms with Crippen LogP contribution in [0.15, 0.2) is 11.4 Å². The summed E-state index contributed by atoms with van der Waals surface area (Å²) in [6.07, 6.45) is 7.08. The van der Waals surface area contributed by atoms with Crippen molar-refractivity contribution in [2.75, 3.05) is 13.1 Å². The van der Waals surface area contributed by atoms with Crippen LogP contribution >= 0.6 is 0 Å². The Morgan fingerprint density at radius 2 is 1.58 bits per heavy atom. The molecule has 1 aliphatic heterocycles. The van der Waals surface area contributed by atoms with Gasteiger partial charge in [0.15, 0.2) is 0 Å². The molecule has 5 aliphatic rings. The zero-order valence-corrected chi connectivity index (χ0v) is 11.3. The van der Waals surface area contributed by atoms with Gasteiger partial charge < -0.3 is 16.4 Å². The first-order valence-corrected chi connectivity index (χ1v) is 7.65. The van der Waals surface area contributed by atoms with Crippen molar-refractivity contribution in [3.63, 3.8) is 0 Å². The molecule has 0 aromatic heterocycles. The number of hydrogen-bond acceptors (Lipinski definition) is 3. The Morgan fingerprint density at radius 3 is 2.05 bits per heavy atom. The molecule has 4 N–H and O–H groups in total. The van der Waals surface area contributed by atoms with Crippen molar-refractivity contribution in [3.8, 4) is 0 Å². The second-order valence-electron chi connectivity index (χ2n) is 7.22. The predicted molar refractivity (Wildman–Crippen MR) is 72.5 cm³/mol. The minimum Gasteiger partial charge on any atom is -0.399 e. The highest BCUT2D eigenvalue weighted by Gasteiger charge is 2.49. The molecule has 0 saturated heterocycles. The van der Waals surface area contributed by atoms with Crippen LogP contribution < -0.4 is 11.5 Å². The third-order valence-corrected chi connectivity index (χ3v) is 6.08. The Hall–Kier alpha value is -1.19. The van der Waals surface area contributed by atoms with Gasteiger partial charge in [0.25, 0.3) is 5.91 Å². The lowest BCUT2D eigenvalue weighted by Gasteiger charge is -2.55. The van der Waals surface area contributed by atoms with Crippen LogP contribution in [0.25, 0.3) is 0 Å². The van der Waals surface area contributed by atoms with Gasteiger partial charge >= 0.3 is 0 Å². The third-order valence-electron chi connectivity index (χ3n) is 6.08. The van der Waals surface area contributed by atoms with E-state index < -0.39 is 0 Å². The van der Waals surface area contributed by atoms with Crippen molar-refractivity contribution < 1.29 is 4.79 Å². The van der Waals surface area contributed by atoms with Crippen LogP contribution in [-0.2, 0) is 4.79 Å². The van der Waals surface area contributed by atoms with Gasteiger partial charge in [-0.1, -0.05) is 0 Å². The highest BCUT2D eigenvalue weighted by molar-refractivity contribution is 5.95. The van der Waals surface area contributed by atoms with Crippen LogP contribution in [0.2, 0.25) is 0 Å². The predicted octanol–water partition coefficient (Wildman–Crippen LogP) is 1.03. The maximum absolute atomic E-state index is 12.0. The summed E-state index contributed by atoms with van der Waals surface area (Å²) in [5.74, 6) is 4.35. The fourth-order valence-electron chi connectivity index (χ4n) is 5.41. The Balaban J connectivity index is 1.48. The molecular weight excluding hydrogens is 238 g/mol. The van der Waals surface area contributed by atoms with Gasteiger partial charge in [0, 0.05) is 6.54 Å². The smallest absolute Gasteiger partial charge is 0.271 e. The van der Waals surface area contributed by atoms with Gasteiger partial charge in [-0.3, -0.25) is 4.79 Å². The van der Waals surface area contributed by atoms with Gasteiger partial charge in [0.2, 0.25) is 0 Å². The summed E-state index contributed by atoms with van der Waals surface area (Å²) in [6.45, 7) is 1.43. The molecule has 4 nitrogen and oxygen atoms in total. The molecule has 0 spiro atoms. The Bertz CT molecular complexity index is 428. The fraction of sp³-hybridized carbons (Fsp3) is 0.800. The quantitative estimate of drug-likeness (QED) is 0.780. The third kappa shape index (κ3) is 1.68. The molecule has 4 bridgehead atoms. The van der Waals surface area contributed by atoms with Crippen molar-refractivity contribution in [2.24, 2.45) is 41.1 Å². The van der Waals surface area contributed by atoms with Gasteiger partial charge in [-0.2, -0.15) is 0 Å². The number of hydrogen-bond donors (Lipinski definition) is 2. The molecule has 0 radical (unpaired) electrons. The van der Waals surface area contributed by atoms with E-state index in [1.165, 1.54) is 32.1 Å². The highest BCUT2D eigenvalue weighted by atomic mass is 16.2. The normalized spacial score (nSPS) is 44.5. The number of nitrogens with two attached hydrogens (primary N) is 2. The zero-order chi connectivity index (χ0) is 13.1. The van der Waals surface area contributed by atoms with E-state index in [4.69, 9.17) is 11.5 Å². The first-order valence-electron chi connectivity index (χ1n) is 7.65. The Morgan fingerprint density at radius 1 is 1.00 bits per heavy atom. The number of nitrogens with zero attached hydrogens (tertiary/aromatic N) is 1. The summed E-state index contributed by atoms with van der Waals surface area (Å²) in [5.41, 5.74) is 12.4. The molecule has 4 fully saturated rings. The van der Waals surface area contributed by atoms with Crippen molar-refractivity contribution >= 4 is 5.91 Å². The maximum atomic E-state index is 12.0. The molecule has 0 aromatic rings.